The van der Waals surface area contributed by atoms with E-state index in [1.165, 1.54) is 0 Å². The van der Waals surface area contributed by atoms with Gasteiger partial charge in [-0.25, -0.2) is 4.68 Å². The van der Waals surface area contributed by atoms with Crippen LogP contribution < -0.4 is 5.32 Å². The highest BCUT2D eigenvalue weighted by Crippen LogP contribution is 2.21. The molecule has 0 radical (unpaired) electrons. The van der Waals surface area contributed by atoms with Gasteiger partial charge in [-0.15, -0.1) is 5.10 Å². The average Bonchev–Trinajstić information content (AvgIpc) is 2.99. The molecule has 6 heteroatoms. The van der Waals surface area contributed by atoms with Crippen LogP contribution in [0.2, 0.25) is 0 Å². The van der Waals surface area contributed by atoms with Gasteiger partial charge in [0.05, 0.1) is 29.8 Å². The molecule has 0 aliphatic rings. The van der Waals surface area contributed by atoms with Crippen molar-refractivity contribution in [2.45, 2.75) is 6.04 Å². The van der Waals surface area contributed by atoms with Crippen LogP contribution in [0.4, 0.5) is 0 Å². The summed E-state index contributed by atoms with van der Waals surface area (Å²) in [6, 6.07) is 11.8. The van der Waals surface area contributed by atoms with Crippen LogP contribution in [0.25, 0.3) is 5.69 Å². The highest BCUT2D eigenvalue weighted by atomic mass is 15.4. The molecule has 1 unspecified atom stereocenters. The Balaban J connectivity index is 2.04. The molecule has 2 aromatic heterocycles. The third-order valence-corrected chi connectivity index (χ3v) is 3.10. The van der Waals surface area contributed by atoms with Crippen LogP contribution in [0.15, 0.2) is 55.0 Å². The second-order valence-electron chi connectivity index (χ2n) is 4.30. The summed E-state index contributed by atoms with van der Waals surface area (Å²) in [4.78, 5) is 0. The number of aromatic nitrogens is 5. The predicted molar refractivity (Wildman–Crippen MR) is 74.3 cm³/mol. The van der Waals surface area contributed by atoms with E-state index >= 15 is 0 Å². The fraction of sp³-hybridized carbons (Fsp3) is 0.143. The van der Waals surface area contributed by atoms with Crippen LogP contribution in [0.1, 0.15) is 17.3 Å². The van der Waals surface area contributed by atoms with Crippen LogP contribution in [0.5, 0.6) is 0 Å². The minimum Gasteiger partial charge on any atom is -0.308 e. The Kier molecular flexibility index (Phi) is 3.47. The summed E-state index contributed by atoms with van der Waals surface area (Å²) in [5.41, 5.74) is 2.94. The number of rotatable bonds is 4. The lowest BCUT2D eigenvalue weighted by Crippen LogP contribution is -2.21. The van der Waals surface area contributed by atoms with Crippen LogP contribution in [-0.4, -0.2) is 32.2 Å². The SMILES string of the molecule is CNC(c1ccnnc1)c1cnnn1-c1ccccc1. The van der Waals surface area contributed by atoms with E-state index in [-0.39, 0.29) is 6.04 Å². The number of hydrogen-bond acceptors (Lipinski definition) is 5. The van der Waals surface area contributed by atoms with Gasteiger partial charge in [0, 0.05) is 6.20 Å². The molecule has 0 aliphatic carbocycles. The number of benzene rings is 1. The Morgan fingerprint density at radius 3 is 2.55 bits per heavy atom. The van der Waals surface area contributed by atoms with E-state index in [1.54, 1.807) is 18.6 Å². The molecule has 2 heterocycles. The highest BCUT2D eigenvalue weighted by molar-refractivity contribution is 5.34. The van der Waals surface area contributed by atoms with Crippen LogP contribution in [-0.2, 0) is 0 Å². The molecule has 1 aromatic carbocycles. The number of nitrogens with one attached hydrogen (secondary N) is 1. The molecule has 0 spiro atoms. The molecule has 0 bridgehead atoms. The Bertz CT molecular complexity index is 664. The normalized spacial score (nSPS) is 12.2. The monoisotopic (exact) mass is 266 g/mol. The largest absolute Gasteiger partial charge is 0.308 e. The Labute approximate surface area is 116 Å². The van der Waals surface area contributed by atoms with Crippen molar-refractivity contribution in [3.8, 4) is 5.69 Å². The van der Waals surface area contributed by atoms with E-state index < -0.39 is 0 Å². The van der Waals surface area contributed by atoms with Gasteiger partial charge in [0.15, 0.2) is 0 Å². The number of hydrogen-bond donors (Lipinski definition) is 1. The van der Waals surface area contributed by atoms with Crippen molar-refractivity contribution in [3.05, 3.63) is 66.2 Å². The van der Waals surface area contributed by atoms with E-state index in [4.69, 9.17) is 0 Å². The average molecular weight is 266 g/mol. The van der Waals surface area contributed by atoms with Crippen molar-refractivity contribution in [1.82, 2.24) is 30.5 Å². The third-order valence-electron chi connectivity index (χ3n) is 3.10. The molecule has 0 amide bonds. The van der Waals surface area contributed by atoms with Gasteiger partial charge in [0.25, 0.3) is 0 Å². The topological polar surface area (TPSA) is 68.5 Å². The standard InChI is InChI=1S/C14H14N6/c1-15-14(11-7-8-16-17-9-11)13-10-18-19-20(13)12-5-3-2-4-6-12/h2-10,14-15H,1H3. The van der Waals surface area contributed by atoms with Crippen LogP contribution >= 0.6 is 0 Å². The van der Waals surface area contributed by atoms with E-state index in [0.29, 0.717) is 0 Å². The van der Waals surface area contributed by atoms with Crippen molar-refractivity contribution in [1.29, 1.82) is 0 Å². The lowest BCUT2D eigenvalue weighted by atomic mass is 10.1. The quantitative estimate of drug-likeness (QED) is 0.772. The van der Waals surface area contributed by atoms with E-state index in [0.717, 1.165) is 16.9 Å². The maximum absolute atomic E-state index is 4.17. The molecular weight excluding hydrogens is 252 g/mol. The van der Waals surface area contributed by atoms with Crippen molar-refractivity contribution in [2.24, 2.45) is 0 Å². The molecule has 100 valence electrons. The summed E-state index contributed by atoms with van der Waals surface area (Å²) in [6.07, 6.45) is 5.18. The van der Waals surface area contributed by atoms with Gasteiger partial charge in [-0.1, -0.05) is 23.4 Å². The highest BCUT2D eigenvalue weighted by Gasteiger charge is 2.18. The second kappa shape index (κ2) is 5.58. The van der Waals surface area contributed by atoms with Crippen LogP contribution in [0, 0.1) is 0 Å². The Hall–Kier alpha value is -2.60. The summed E-state index contributed by atoms with van der Waals surface area (Å²) >= 11 is 0. The van der Waals surface area contributed by atoms with Gasteiger partial charge >= 0.3 is 0 Å². The van der Waals surface area contributed by atoms with E-state index in [1.807, 2.05) is 48.1 Å². The summed E-state index contributed by atoms with van der Waals surface area (Å²) in [6.45, 7) is 0. The summed E-state index contributed by atoms with van der Waals surface area (Å²) in [5, 5.41) is 19.2. The van der Waals surface area contributed by atoms with E-state index in [2.05, 4.69) is 25.8 Å². The fourth-order valence-corrected chi connectivity index (χ4v) is 2.17. The molecule has 20 heavy (non-hydrogen) atoms. The molecular formula is C14H14N6. The summed E-state index contributed by atoms with van der Waals surface area (Å²) in [7, 11) is 1.90. The molecule has 6 nitrogen and oxygen atoms in total. The molecule has 0 aliphatic heterocycles. The van der Waals surface area contributed by atoms with Gasteiger partial charge in [-0.2, -0.15) is 10.2 Å². The van der Waals surface area contributed by atoms with Gasteiger partial charge in [-0.05, 0) is 30.8 Å². The molecule has 1 atom stereocenters. The summed E-state index contributed by atoms with van der Waals surface area (Å²) < 4.78 is 1.82. The molecule has 3 rings (SSSR count). The number of para-hydroxylation sites is 1. The minimum absolute atomic E-state index is 0.0410. The van der Waals surface area contributed by atoms with Crippen molar-refractivity contribution < 1.29 is 0 Å². The second-order valence-corrected chi connectivity index (χ2v) is 4.30. The van der Waals surface area contributed by atoms with Gasteiger partial charge < -0.3 is 5.32 Å². The van der Waals surface area contributed by atoms with Crippen LogP contribution in [0.3, 0.4) is 0 Å². The zero-order chi connectivity index (χ0) is 13.8. The zero-order valence-corrected chi connectivity index (χ0v) is 11.0. The smallest absolute Gasteiger partial charge is 0.0861 e. The lowest BCUT2D eigenvalue weighted by molar-refractivity contribution is 0.629. The first-order chi connectivity index (χ1) is 9.90. The maximum Gasteiger partial charge on any atom is 0.0861 e. The molecule has 0 saturated heterocycles. The minimum atomic E-state index is -0.0410. The van der Waals surface area contributed by atoms with Crippen molar-refractivity contribution in [3.63, 3.8) is 0 Å². The van der Waals surface area contributed by atoms with Gasteiger partial charge in [0.2, 0.25) is 0 Å². The van der Waals surface area contributed by atoms with Crippen molar-refractivity contribution in [2.75, 3.05) is 7.05 Å². The third kappa shape index (κ3) is 2.28. The van der Waals surface area contributed by atoms with Gasteiger partial charge in [0.1, 0.15) is 0 Å². The summed E-state index contributed by atoms with van der Waals surface area (Å²) in [5.74, 6) is 0. The first kappa shape index (κ1) is 12.4. The number of nitrogens with zero attached hydrogens (tertiary/aromatic N) is 5. The molecule has 0 fully saturated rings. The molecule has 1 N–H and O–H groups in total. The maximum atomic E-state index is 4.17. The Morgan fingerprint density at radius 1 is 1.00 bits per heavy atom. The zero-order valence-electron chi connectivity index (χ0n) is 11.0. The van der Waals surface area contributed by atoms with Gasteiger partial charge in [-0.3, -0.25) is 0 Å². The first-order valence-corrected chi connectivity index (χ1v) is 6.30. The lowest BCUT2D eigenvalue weighted by Gasteiger charge is -2.16. The fourth-order valence-electron chi connectivity index (χ4n) is 2.17. The van der Waals surface area contributed by atoms with E-state index in [9.17, 15) is 0 Å². The first-order valence-electron chi connectivity index (χ1n) is 6.30. The molecule has 3 aromatic rings. The van der Waals surface area contributed by atoms with Crippen molar-refractivity contribution >= 4 is 0 Å². The predicted octanol–water partition coefficient (Wildman–Crippen LogP) is 1.37. The Morgan fingerprint density at radius 2 is 1.85 bits per heavy atom. The molecule has 0 saturated carbocycles.